The molecule has 0 bridgehead atoms. The number of benzene rings is 2. The average molecular weight is 459 g/mol. The van der Waals surface area contributed by atoms with Crippen LogP contribution in [0.4, 0.5) is 4.79 Å². The van der Waals surface area contributed by atoms with E-state index in [4.69, 9.17) is 21.1 Å². The van der Waals surface area contributed by atoms with E-state index in [0.29, 0.717) is 48.3 Å². The first-order valence-corrected chi connectivity index (χ1v) is 11.1. The van der Waals surface area contributed by atoms with Crippen LogP contribution in [0.3, 0.4) is 0 Å². The van der Waals surface area contributed by atoms with E-state index >= 15 is 0 Å². The maximum atomic E-state index is 12.7. The Morgan fingerprint density at radius 2 is 1.69 bits per heavy atom. The van der Waals surface area contributed by atoms with Crippen molar-refractivity contribution in [3.05, 3.63) is 64.7 Å². The van der Waals surface area contributed by atoms with Gasteiger partial charge in [0.05, 0.1) is 13.0 Å². The molecule has 1 heterocycles. The molecule has 0 radical (unpaired) electrons. The second kappa shape index (κ2) is 11.5. The number of nitrogens with zero attached hydrogens (tertiary/aromatic N) is 1. The number of piperidine rings is 1. The molecule has 7 nitrogen and oxygen atoms in total. The van der Waals surface area contributed by atoms with Crippen molar-refractivity contribution >= 4 is 29.6 Å². The van der Waals surface area contributed by atoms with Crippen LogP contribution in [-0.4, -0.2) is 49.1 Å². The predicted molar refractivity (Wildman–Crippen MR) is 121 cm³/mol. The van der Waals surface area contributed by atoms with Gasteiger partial charge in [-0.05, 0) is 67.6 Å². The summed E-state index contributed by atoms with van der Waals surface area (Å²) in [7, 11) is 0. The Morgan fingerprint density at radius 1 is 1.03 bits per heavy atom. The van der Waals surface area contributed by atoms with Crippen LogP contribution in [-0.2, 0) is 16.0 Å². The summed E-state index contributed by atoms with van der Waals surface area (Å²) in [5.41, 5.74) is 1.46. The summed E-state index contributed by atoms with van der Waals surface area (Å²) in [6.45, 7) is 3.81. The third kappa shape index (κ3) is 6.99. The number of hydrogen-bond donors (Lipinski definition) is 1. The van der Waals surface area contributed by atoms with Crippen LogP contribution in [0.15, 0.2) is 48.5 Å². The highest BCUT2D eigenvalue weighted by Gasteiger charge is 2.24. The van der Waals surface area contributed by atoms with Gasteiger partial charge in [-0.15, -0.1) is 0 Å². The molecule has 2 aromatic rings. The van der Waals surface area contributed by atoms with Crippen LogP contribution in [0, 0.1) is 5.92 Å². The fraction of sp³-hybridized carbons (Fsp3) is 0.375. The number of amides is 2. The first kappa shape index (κ1) is 23.6. The fourth-order valence-electron chi connectivity index (χ4n) is 3.54. The summed E-state index contributed by atoms with van der Waals surface area (Å²) in [4.78, 5) is 38.1. The Morgan fingerprint density at radius 3 is 2.31 bits per heavy atom. The van der Waals surface area contributed by atoms with Crippen molar-refractivity contribution in [2.75, 3.05) is 26.2 Å². The first-order valence-electron chi connectivity index (χ1n) is 10.7. The highest BCUT2D eigenvalue weighted by Crippen LogP contribution is 2.20. The molecule has 0 aliphatic carbocycles. The second-order valence-corrected chi connectivity index (χ2v) is 8.09. The SMILES string of the molecule is CCOC(=O)Oc1ccc(C(=O)N2CCC(CNC(=O)Cc3ccc(Cl)cc3)CC2)cc1. The van der Waals surface area contributed by atoms with Crippen molar-refractivity contribution in [3.63, 3.8) is 0 Å². The van der Waals surface area contributed by atoms with Gasteiger partial charge in [-0.1, -0.05) is 23.7 Å². The lowest BCUT2D eigenvalue weighted by atomic mass is 9.96. The highest BCUT2D eigenvalue weighted by atomic mass is 35.5. The largest absolute Gasteiger partial charge is 0.513 e. The number of rotatable bonds is 7. The van der Waals surface area contributed by atoms with Gasteiger partial charge >= 0.3 is 6.16 Å². The molecule has 1 saturated heterocycles. The number of carbonyl (C=O) groups excluding carboxylic acids is 3. The minimum atomic E-state index is -0.770. The molecule has 2 amide bonds. The average Bonchev–Trinajstić information content (AvgIpc) is 2.80. The number of carbonyl (C=O) groups is 3. The van der Waals surface area contributed by atoms with Crippen molar-refractivity contribution in [3.8, 4) is 5.75 Å². The van der Waals surface area contributed by atoms with Crippen molar-refractivity contribution in [1.82, 2.24) is 10.2 Å². The van der Waals surface area contributed by atoms with Gasteiger partial charge in [0.25, 0.3) is 5.91 Å². The van der Waals surface area contributed by atoms with E-state index in [-0.39, 0.29) is 18.4 Å². The van der Waals surface area contributed by atoms with Crippen LogP contribution in [0.5, 0.6) is 5.75 Å². The molecule has 1 N–H and O–H groups in total. The lowest BCUT2D eigenvalue weighted by molar-refractivity contribution is -0.120. The first-order chi connectivity index (χ1) is 15.4. The molecule has 0 aromatic heterocycles. The van der Waals surface area contributed by atoms with Gasteiger partial charge in [0.15, 0.2) is 0 Å². The van der Waals surface area contributed by atoms with E-state index in [1.165, 1.54) is 0 Å². The molecule has 8 heteroatoms. The van der Waals surface area contributed by atoms with Crippen molar-refractivity contribution in [2.24, 2.45) is 5.92 Å². The number of likely N-dealkylation sites (tertiary alicyclic amines) is 1. The molecule has 0 saturated carbocycles. The topological polar surface area (TPSA) is 84.9 Å². The zero-order valence-electron chi connectivity index (χ0n) is 18.0. The van der Waals surface area contributed by atoms with Crippen molar-refractivity contribution in [1.29, 1.82) is 0 Å². The van der Waals surface area contributed by atoms with Crippen LogP contribution in [0.2, 0.25) is 5.02 Å². The van der Waals surface area contributed by atoms with Gasteiger partial charge < -0.3 is 19.7 Å². The Kier molecular flexibility index (Phi) is 8.50. The number of nitrogens with one attached hydrogen (secondary N) is 1. The molecule has 0 spiro atoms. The molecule has 1 fully saturated rings. The number of ether oxygens (including phenoxy) is 2. The van der Waals surface area contributed by atoms with Gasteiger partial charge in [0.1, 0.15) is 5.75 Å². The fourth-order valence-corrected chi connectivity index (χ4v) is 3.67. The molecule has 32 heavy (non-hydrogen) atoms. The maximum Gasteiger partial charge on any atom is 0.513 e. The standard InChI is InChI=1S/C24H27ClN2O5/c1-2-31-24(30)32-21-9-5-19(6-10-21)23(29)27-13-11-18(12-14-27)16-26-22(28)15-17-3-7-20(25)8-4-17/h3-10,18H,2,11-16H2,1H3,(H,26,28). The van der Waals surface area contributed by atoms with E-state index in [9.17, 15) is 14.4 Å². The van der Waals surface area contributed by atoms with E-state index in [1.807, 2.05) is 17.0 Å². The Labute approximate surface area is 192 Å². The summed E-state index contributed by atoms with van der Waals surface area (Å²) < 4.78 is 9.74. The minimum absolute atomic E-state index is 0.0176. The molecule has 0 unspecified atom stereocenters. The predicted octanol–water partition coefficient (Wildman–Crippen LogP) is 4.09. The van der Waals surface area contributed by atoms with Crippen LogP contribution >= 0.6 is 11.6 Å². The molecular formula is C24H27ClN2O5. The van der Waals surface area contributed by atoms with Gasteiger partial charge in [0, 0.05) is 30.2 Å². The number of hydrogen-bond acceptors (Lipinski definition) is 5. The van der Waals surface area contributed by atoms with Gasteiger partial charge in [-0.2, -0.15) is 0 Å². The van der Waals surface area contributed by atoms with Crippen LogP contribution in [0.25, 0.3) is 0 Å². The van der Waals surface area contributed by atoms with Crippen LogP contribution < -0.4 is 10.1 Å². The smallest absolute Gasteiger partial charge is 0.434 e. The highest BCUT2D eigenvalue weighted by molar-refractivity contribution is 6.30. The zero-order chi connectivity index (χ0) is 22.9. The van der Waals surface area contributed by atoms with E-state index < -0.39 is 6.16 Å². The zero-order valence-corrected chi connectivity index (χ0v) is 18.8. The molecular weight excluding hydrogens is 432 g/mol. The third-order valence-corrected chi connectivity index (χ3v) is 5.58. The van der Waals surface area contributed by atoms with Crippen molar-refractivity contribution in [2.45, 2.75) is 26.2 Å². The van der Waals surface area contributed by atoms with E-state index in [1.54, 1.807) is 43.3 Å². The summed E-state index contributed by atoms with van der Waals surface area (Å²) in [6.07, 6.45) is 1.22. The van der Waals surface area contributed by atoms with Gasteiger partial charge in [-0.3, -0.25) is 9.59 Å². The summed E-state index contributed by atoms with van der Waals surface area (Å²) in [5, 5.41) is 3.64. The Bertz CT molecular complexity index is 922. The van der Waals surface area contributed by atoms with Crippen LogP contribution in [0.1, 0.15) is 35.7 Å². The van der Waals surface area contributed by atoms with Crippen molar-refractivity contribution < 1.29 is 23.9 Å². The minimum Gasteiger partial charge on any atom is -0.434 e. The molecule has 2 aromatic carbocycles. The number of halogens is 1. The molecule has 1 aliphatic heterocycles. The third-order valence-electron chi connectivity index (χ3n) is 5.33. The van der Waals surface area contributed by atoms with E-state index in [2.05, 4.69) is 5.32 Å². The second-order valence-electron chi connectivity index (χ2n) is 7.65. The Balaban J connectivity index is 1.40. The summed E-state index contributed by atoms with van der Waals surface area (Å²) >= 11 is 5.87. The molecule has 170 valence electrons. The summed E-state index contributed by atoms with van der Waals surface area (Å²) in [5.74, 6) is 0.593. The molecule has 0 atom stereocenters. The maximum absolute atomic E-state index is 12.7. The summed E-state index contributed by atoms with van der Waals surface area (Å²) in [6, 6.07) is 13.7. The van der Waals surface area contributed by atoms with Gasteiger partial charge in [0.2, 0.25) is 5.91 Å². The normalized spacial score (nSPS) is 14.0. The monoisotopic (exact) mass is 458 g/mol. The molecule has 1 aliphatic rings. The lowest BCUT2D eigenvalue weighted by Crippen LogP contribution is -2.41. The quantitative estimate of drug-likeness (QED) is 0.499. The molecule has 3 rings (SSSR count). The van der Waals surface area contributed by atoms with E-state index in [0.717, 1.165) is 18.4 Å². The Hall–Kier alpha value is -3.06. The van der Waals surface area contributed by atoms with Gasteiger partial charge in [-0.25, -0.2) is 4.79 Å². The lowest BCUT2D eigenvalue weighted by Gasteiger charge is -2.32.